The number of halogens is 1. The number of piperazine rings is 1. The molecule has 2 aromatic rings. The lowest BCUT2D eigenvalue weighted by Gasteiger charge is -2.40. The maximum atomic E-state index is 13.5. The summed E-state index contributed by atoms with van der Waals surface area (Å²) in [6, 6.07) is 9.67. The molecule has 1 saturated heterocycles. The first kappa shape index (κ1) is 17.3. The van der Waals surface area contributed by atoms with Crippen LogP contribution in [0.1, 0.15) is 31.2 Å². The summed E-state index contributed by atoms with van der Waals surface area (Å²) in [5.41, 5.74) is 0.731. The normalized spacial score (nSPS) is 19.6. The molecule has 2 fully saturated rings. The molecule has 0 bridgehead atoms. The zero-order valence-electron chi connectivity index (χ0n) is 14.8. The molecule has 0 N–H and O–H groups in total. The lowest BCUT2D eigenvalue weighted by Crippen LogP contribution is -2.54. The van der Waals surface area contributed by atoms with Gasteiger partial charge >= 0.3 is 0 Å². The number of anilines is 1. The number of carbonyl (C=O) groups is 1. The van der Waals surface area contributed by atoms with E-state index in [2.05, 4.69) is 14.9 Å². The summed E-state index contributed by atoms with van der Waals surface area (Å²) in [5.74, 6) is 1.01. The molecule has 1 aliphatic heterocycles. The van der Waals surface area contributed by atoms with Gasteiger partial charge in [-0.25, -0.2) is 9.97 Å². The van der Waals surface area contributed by atoms with Crippen LogP contribution in [-0.4, -0.2) is 47.0 Å². The second kappa shape index (κ2) is 7.23. The molecular formula is C20H23ClN4O. The number of aromatic nitrogens is 2. The highest BCUT2D eigenvalue weighted by atomic mass is 35.5. The molecule has 1 aromatic carbocycles. The van der Waals surface area contributed by atoms with E-state index >= 15 is 0 Å². The highest BCUT2D eigenvalue weighted by Crippen LogP contribution is 2.43. The second-order valence-corrected chi connectivity index (χ2v) is 7.56. The maximum Gasteiger partial charge on any atom is 0.233 e. The van der Waals surface area contributed by atoms with E-state index in [9.17, 15) is 4.79 Å². The third-order valence-corrected chi connectivity index (χ3v) is 5.92. The number of hydrogen-bond acceptors (Lipinski definition) is 4. The van der Waals surface area contributed by atoms with Gasteiger partial charge in [-0.15, -0.1) is 0 Å². The van der Waals surface area contributed by atoms with E-state index in [0.29, 0.717) is 18.1 Å². The van der Waals surface area contributed by atoms with Crippen molar-refractivity contribution in [2.24, 2.45) is 0 Å². The molecule has 0 atom stereocenters. The number of nitrogens with zero attached hydrogens (tertiary/aromatic N) is 4. The van der Waals surface area contributed by atoms with Crippen LogP contribution in [0.5, 0.6) is 0 Å². The zero-order chi connectivity index (χ0) is 18.0. The standard InChI is InChI=1S/C20H23ClN4O/c21-17-6-4-16(5-7-17)20(8-1-2-9-20)18(26)24-12-14-25(15-13-24)19-22-10-3-11-23-19/h3-7,10-11H,1-2,8-9,12-15H2. The fourth-order valence-corrected chi connectivity index (χ4v) is 4.37. The van der Waals surface area contributed by atoms with Crippen LogP contribution in [0, 0.1) is 0 Å². The minimum atomic E-state index is -0.379. The Balaban J connectivity index is 1.50. The highest BCUT2D eigenvalue weighted by molar-refractivity contribution is 6.30. The molecular weight excluding hydrogens is 348 g/mol. The van der Waals surface area contributed by atoms with Crippen LogP contribution < -0.4 is 4.90 Å². The first-order chi connectivity index (χ1) is 12.7. The molecule has 5 nitrogen and oxygen atoms in total. The van der Waals surface area contributed by atoms with Crippen LogP contribution in [0.2, 0.25) is 5.02 Å². The predicted octanol–water partition coefficient (Wildman–Crippen LogP) is 3.29. The Morgan fingerprint density at radius 3 is 2.19 bits per heavy atom. The summed E-state index contributed by atoms with van der Waals surface area (Å²) in [6.07, 6.45) is 7.57. The van der Waals surface area contributed by atoms with E-state index in [4.69, 9.17) is 11.6 Å². The Morgan fingerprint density at radius 1 is 0.962 bits per heavy atom. The average Bonchev–Trinajstić information content (AvgIpc) is 3.20. The first-order valence-corrected chi connectivity index (χ1v) is 9.64. The summed E-state index contributed by atoms with van der Waals surface area (Å²) < 4.78 is 0. The zero-order valence-corrected chi connectivity index (χ0v) is 15.5. The van der Waals surface area contributed by atoms with Crippen molar-refractivity contribution in [2.75, 3.05) is 31.1 Å². The van der Waals surface area contributed by atoms with Gasteiger partial charge in [-0.05, 0) is 36.6 Å². The van der Waals surface area contributed by atoms with Crippen LogP contribution >= 0.6 is 11.6 Å². The fraction of sp³-hybridized carbons (Fsp3) is 0.450. The molecule has 6 heteroatoms. The van der Waals surface area contributed by atoms with Crippen LogP contribution in [0.4, 0.5) is 5.95 Å². The van der Waals surface area contributed by atoms with E-state index in [-0.39, 0.29) is 11.3 Å². The van der Waals surface area contributed by atoms with Gasteiger partial charge in [0.1, 0.15) is 0 Å². The lowest BCUT2D eigenvalue weighted by atomic mass is 9.77. The molecule has 1 aliphatic carbocycles. The molecule has 0 unspecified atom stereocenters. The average molecular weight is 371 g/mol. The number of benzene rings is 1. The van der Waals surface area contributed by atoms with Gasteiger partial charge in [0, 0.05) is 43.6 Å². The Labute approximate surface area is 159 Å². The minimum Gasteiger partial charge on any atom is -0.338 e. The largest absolute Gasteiger partial charge is 0.338 e. The lowest BCUT2D eigenvalue weighted by molar-refractivity contribution is -0.137. The van der Waals surface area contributed by atoms with Gasteiger partial charge in [-0.1, -0.05) is 36.6 Å². The minimum absolute atomic E-state index is 0.269. The molecule has 2 aliphatic rings. The Hall–Kier alpha value is -2.14. The van der Waals surface area contributed by atoms with Crippen LogP contribution in [0.15, 0.2) is 42.7 Å². The van der Waals surface area contributed by atoms with E-state index in [0.717, 1.165) is 50.3 Å². The fourth-order valence-electron chi connectivity index (χ4n) is 4.24. The monoisotopic (exact) mass is 370 g/mol. The Kier molecular flexibility index (Phi) is 4.81. The molecule has 0 radical (unpaired) electrons. The van der Waals surface area contributed by atoms with Gasteiger partial charge < -0.3 is 9.80 Å². The van der Waals surface area contributed by atoms with Gasteiger partial charge in [0.15, 0.2) is 0 Å². The molecule has 2 heterocycles. The second-order valence-electron chi connectivity index (χ2n) is 7.12. The molecule has 136 valence electrons. The van der Waals surface area contributed by atoms with Crippen molar-refractivity contribution in [1.82, 2.24) is 14.9 Å². The van der Waals surface area contributed by atoms with Crippen LogP contribution in [0.3, 0.4) is 0 Å². The maximum absolute atomic E-state index is 13.5. The van der Waals surface area contributed by atoms with Crippen molar-refractivity contribution in [3.63, 3.8) is 0 Å². The smallest absolute Gasteiger partial charge is 0.233 e. The molecule has 0 spiro atoms. The number of hydrogen-bond donors (Lipinski definition) is 0. The van der Waals surface area contributed by atoms with E-state index in [1.54, 1.807) is 12.4 Å². The Morgan fingerprint density at radius 2 is 1.58 bits per heavy atom. The molecule has 1 aromatic heterocycles. The van der Waals surface area contributed by atoms with E-state index in [1.807, 2.05) is 35.2 Å². The molecule has 1 saturated carbocycles. The van der Waals surface area contributed by atoms with Crippen molar-refractivity contribution in [1.29, 1.82) is 0 Å². The van der Waals surface area contributed by atoms with Gasteiger partial charge in [-0.2, -0.15) is 0 Å². The summed E-state index contributed by atoms with van der Waals surface area (Å²) in [4.78, 5) is 26.3. The van der Waals surface area contributed by atoms with Gasteiger partial charge in [0.05, 0.1) is 5.41 Å². The highest BCUT2D eigenvalue weighted by Gasteiger charge is 2.45. The van der Waals surface area contributed by atoms with Crippen molar-refractivity contribution in [2.45, 2.75) is 31.1 Å². The molecule has 26 heavy (non-hydrogen) atoms. The SMILES string of the molecule is O=C(N1CCN(c2ncccn2)CC1)C1(c2ccc(Cl)cc2)CCCC1. The molecule has 1 amide bonds. The third-order valence-electron chi connectivity index (χ3n) is 5.67. The third kappa shape index (κ3) is 3.16. The van der Waals surface area contributed by atoms with Gasteiger partial charge in [0.2, 0.25) is 11.9 Å². The summed E-state index contributed by atoms with van der Waals surface area (Å²) in [5, 5.41) is 0.714. The van der Waals surface area contributed by atoms with Gasteiger partial charge in [-0.3, -0.25) is 4.79 Å². The first-order valence-electron chi connectivity index (χ1n) is 9.26. The van der Waals surface area contributed by atoms with Gasteiger partial charge in [0.25, 0.3) is 0 Å². The van der Waals surface area contributed by atoms with Crippen molar-refractivity contribution in [3.8, 4) is 0 Å². The van der Waals surface area contributed by atoms with Crippen LogP contribution in [-0.2, 0) is 10.2 Å². The summed E-state index contributed by atoms with van der Waals surface area (Å²) in [7, 11) is 0. The molecule has 4 rings (SSSR count). The van der Waals surface area contributed by atoms with Crippen LogP contribution in [0.25, 0.3) is 0 Å². The number of rotatable bonds is 3. The summed E-state index contributed by atoms with van der Waals surface area (Å²) in [6.45, 7) is 2.97. The summed E-state index contributed by atoms with van der Waals surface area (Å²) >= 11 is 6.05. The van der Waals surface area contributed by atoms with Crippen molar-refractivity contribution < 1.29 is 4.79 Å². The van der Waals surface area contributed by atoms with Crippen molar-refractivity contribution >= 4 is 23.5 Å². The number of amides is 1. The topological polar surface area (TPSA) is 49.3 Å². The number of carbonyl (C=O) groups excluding carboxylic acids is 1. The van der Waals surface area contributed by atoms with E-state index in [1.165, 1.54) is 0 Å². The predicted molar refractivity (Wildman–Crippen MR) is 102 cm³/mol. The van der Waals surface area contributed by atoms with E-state index < -0.39 is 0 Å². The quantitative estimate of drug-likeness (QED) is 0.831. The Bertz CT molecular complexity index is 751. The van der Waals surface area contributed by atoms with Crippen molar-refractivity contribution in [3.05, 3.63) is 53.3 Å².